The summed E-state index contributed by atoms with van der Waals surface area (Å²) < 4.78 is 19.6. The quantitative estimate of drug-likeness (QED) is 0.685. The standard InChI is InChI=1S/C23H21FN2O2/c24-20-9-10-21(19-13-22(27)26-23(19)20)28-14-18(25)12-15-5-4-8-17(11-15)16-6-2-1-3-7-16/h1-11,18H,12-14,25H2,(H,26,27). The van der Waals surface area contributed by atoms with Gasteiger partial charge in [0.15, 0.2) is 0 Å². The molecule has 4 rings (SSSR count). The number of anilines is 1. The minimum atomic E-state index is -0.449. The summed E-state index contributed by atoms with van der Waals surface area (Å²) in [6.45, 7) is 0.280. The van der Waals surface area contributed by atoms with E-state index in [2.05, 4.69) is 29.6 Å². The number of hydrogen-bond donors (Lipinski definition) is 2. The van der Waals surface area contributed by atoms with E-state index in [1.807, 2.05) is 30.3 Å². The van der Waals surface area contributed by atoms with Crippen molar-refractivity contribution < 1.29 is 13.9 Å². The van der Waals surface area contributed by atoms with E-state index in [1.165, 1.54) is 6.07 Å². The predicted octanol–water partition coefficient (Wildman–Crippen LogP) is 3.94. The fourth-order valence-corrected chi connectivity index (χ4v) is 3.46. The van der Waals surface area contributed by atoms with E-state index in [-0.39, 0.29) is 30.7 Å². The lowest BCUT2D eigenvalue weighted by atomic mass is 10.00. The highest BCUT2D eigenvalue weighted by Gasteiger charge is 2.25. The molecule has 0 saturated heterocycles. The lowest BCUT2D eigenvalue weighted by Gasteiger charge is -2.16. The van der Waals surface area contributed by atoms with Gasteiger partial charge in [-0.25, -0.2) is 4.39 Å². The van der Waals surface area contributed by atoms with Crippen molar-refractivity contribution in [2.45, 2.75) is 18.9 Å². The Hall–Kier alpha value is -3.18. The highest BCUT2D eigenvalue weighted by Crippen LogP contribution is 2.34. The summed E-state index contributed by atoms with van der Waals surface area (Å²) in [5.74, 6) is -0.176. The van der Waals surface area contributed by atoms with Crippen LogP contribution < -0.4 is 15.8 Å². The molecule has 1 aliphatic heterocycles. The molecule has 0 saturated carbocycles. The summed E-state index contributed by atoms with van der Waals surface area (Å²) in [5, 5.41) is 2.53. The predicted molar refractivity (Wildman–Crippen MR) is 108 cm³/mol. The third-order valence-corrected chi connectivity index (χ3v) is 4.81. The van der Waals surface area contributed by atoms with Gasteiger partial charge in [-0.15, -0.1) is 0 Å². The van der Waals surface area contributed by atoms with Crippen LogP contribution in [0.5, 0.6) is 5.75 Å². The van der Waals surface area contributed by atoms with Crippen molar-refractivity contribution in [1.82, 2.24) is 0 Å². The van der Waals surface area contributed by atoms with Crippen LogP contribution in [-0.4, -0.2) is 18.6 Å². The number of amides is 1. The Kier molecular flexibility index (Phi) is 5.08. The van der Waals surface area contributed by atoms with Gasteiger partial charge in [-0.3, -0.25) is 4.79 Å². The zero-order valence-electron chi connectivity index (χ0n) is 15.3. The molecule has 0 spiro atoms. The summed E-state index contributed by atoms with van der Waals surface area (Å²) in [5.41, 5.74) is 10.5. The number of rotatable bonds is 6. The zero-order chi connectivity index (χ0) is 19.5. The molecule has 142 valence electrons. The van der Waals surface area contributed by atoms with E-state index in [9.17, 15) is 9.18 Å². The number of carbonyl (C=O) groups is 1. The Morgan fingerprint density at radius 3 is 2.64 bits per heavy atom. The molecular formula is C23H21FN2O2. The van der Waals surface area contributed by atoms with Crippen LogP contribution in [0.15, 0.2) is 66.7 Å². The molecule has 3 aromatic carbocycles. The van der Waals surface area contributed by atoms with Crippen LogP contribution in [-0.2, 0) is 17.6 Å². The molecule has 0 fully saturated rings. The summed E-state index contributed by atoms with van der Waals surface area (Å²) in [7, 11) is 0. The Labute approximate surface area is 163 Å². The van der Waals surface area contributed by atoms with Crippen molar-refractivity contribution in [2.24, 2.45) is 5.73 Å². The molecule has 28 heavy (non-hydrogen) atoms. The van der Waals surface area contributed by atoms with Gasteiger partial charge >= 0.3 is 0 Å². The summed E-state index contributed by atoms with van der Waals surface area (Å²) in [6, 6.07) is 21.1. The van der Waals surface area contributed by atoms with Gasteiger partial charge in [0.25, 0.3) is 0 Å². The molecule has 1 amide bonds. The molecule has 4 nitrogen and oxygen atoms in total. The molecule has 1 heterocycles. The van der Waals surface area contributed by atoms with Gasteiger partial charge in [-0.05, 0) is 35.2 Å². The van der Waals surface area contributed by atoms with Crippen LogP contribution in [0.25, 0.3) is 11.1 Å². The first-order valence-electron chi connectivity index (χ1n) is 9.24. The maximum Gasteiger partial charge on any atom is 0.229 e. The SMILES string of the molecule is NC(COc1ccc(F)c2c1CC(=O)N2)Cc1cccc(-c2ccccc2)c1. The minimum Gasteiger partial charge on any atom is -0.492 e. The number of nitrogens with two attached hydrogens (primary N) is 1. The molecule has 5 heteroatoms. The molecule has 0 aliphatic carbocycles. The first kappa shape index (κ1) is 18.2. The third-order valence-electron chi connectivity index (χ3n) is 4.81. The van der Waals surface area contributed by atoms with Gasteiger partial charge in [0.05, 0.1) is 12.1 Å². The molecule has 0 radical (unpaired) electrons. The molecule has 1 unspecified atom stereocenters. The second-order valence-electron chi connectivity index (χ2n) is 6.97. The maximum atomic E-state index is 13.8. The molecule has 3 aromatic rings. The van der Waals surface area contributed by atoms with E-state index in [1.54, 1.807) is 6.07 Å². The highest BCUT2D eigenvalue weighted by molar-refractivity contribution is 6.00. The fourth-order valence-electron chi connectivity index (χ4n) is 3.46. The lowest BCUT2D eigenvalue weighted by Crippen LogP contribution is -2.30. The molecule has 3 N–H and O–H groups in total. The van der Waals surface area contributed by atoms with Crippen LogP contribution in [0.1, 0.15) is 11.1 Å². The molecule has 1 aliphatic rings. The van der Waals surface area contributed by atoms with Crippen LogP contribution in [0.4, 0.5) is 10.1 Å². The zero-order valence-corrected chi connectivity index (χ0v) is 15.3. The Morgan fingerprint density at radius 1 is 1.04 bits per heavy atom. The summed E-state index contributed by atoms with van der Waals surface area (Å²) >= 11 is 0. The van der Waals surface area contributed by atoms with E-state index in [4.69, 9.17) is 10.5 Å². The Balaban J connectivity index is 1.42. The van der Waals surface area contributed by atoms with Crippen molar-refractivity contribution in [1.29, 1.82) is 0 Å². The molecular weight excluding hydrogens is 355 g/mol. The number of benzene rings is 3. The number of hydrogen-bond acceptors (Lipinski definition) is 3. The second-order valence-corrected chi connectivity index (χ2v) is 6.97. The van der Waals surface area contributed by atoms with Gasteiger partial charge in [-0.2, -0.15) is 0 Å². The van der Waals surface area contributed by atoms with Crippen LogP contribution in [0, 0.1) is 5.82 Å². The largest absolute Gasteiger partial charge is 0.492 e. The number of nitrogens with one attached hydrogen (secondary N) is 1. The van der Waals surface area contributed by atoms with E-state index < -0.39 is 5.82 Å². The normalized spacial score (nSPS) is 13.7. The topological polar surface area (TPSA) is 64.3 Å². The van der Waals surface area contributed by atoms with Crippen molar-refractivity contribution in [3.63, 3.8) is 0 Å². The van der Waals surface area contributed by atoms with Gasteiger partial charge in [-0.1, -0.05) is 54.6 Å². The number of ether oxygens (including phenoxy) is 1. The van der Waals surface area contributed by atoms with Crippen molar-refractivity contribution in [2.75, 3.05) is 11.9 Å². The Bertz CT molecular complexity index is 1000. The molecule has 0 aromatic heterocycles. The van der Waals surface area contributed by atoms with Crippen molar-refractivity contribution in [3.8, 4) is 16.9 Å². The van der Waals surface area contributed by atoms with Gasteiger partial charge in [0.2, 0.25) is 5.91 Å². The van der Waals surface area contributed by atoms with Gasteiger partial charge < -0.3 is 15.8 Å². The molecule has 0 bridgehead atoms. The van der Waals surface area contributed by atoms with Crippen LogP contribution in [0.3, 0.4) is 0 Å². The summed E-state index contributed by atoms with van der Waals surface area (Å²) in [4.78, 5) is 11.6. The number of fused-ring (bicyclic) bond motifs is 1. The third kappa shape index (κ3) is 3.89. The first-order valence-corrected chi connectivity index (χ1v) is 9.24. The van der Waals surface area contributed by atoms with Crippen molar-refractivity contribution >= 4 is 11.6 Å². The number of halogens is 1. The first-order chi connectivity index (χ1) is 13.6. The smallest absolute Gasteiger partial charge is 0.229 e. The van der Waals surface area contributed by atoms with E-state index in [0.29, 0.717) is 17.7 Å². The van der Waals surface area contributed by atoms with Crippen molar-refractivity contribution in [3.05, 3.63) is 83.7 Å². The number of carbonyl (C=O) groups excluding carboxylic acids is 1. The molecule has 1 atom stereocenters. The average molecular weight is 376 g/mol. The highest BCUT2D eigenvalue weighted by atomic mass is 19.1. The second kappa shape index (κ2) is 7.82. The van der Waals surface area contributed by atoms with E-state index in [0.717, 1.165) is 16.7 Å². The summed E-state index contributed by atoms with van der Waals surface area (Å²) in [6.07, 6.45) is 0.776. The fraction of sp³-hybridized carbons (Fsp3) is 0.174. The average Bonchev–Trinajstić information content (AvgIpc) is 3.11. The Morgan fingerprint density at radius 2 is 1.82 bits per heavy atom. The van der Waals surface area contributed by atoms with Crippen LogP contribution >= 0.6 is 0 Å². The van der Waals surface area contributed by atoms with Crippen LogP contribution in [0.2, 0.25) is 0 Å². The lowest BCUT2D eigenvalue weighted by molar-refractivity contribution is -0.115. The minimum absolute atomic E-state index is 0.122. The van der Waals surface area contributed by atoms with Gasteiger partial charge in [0.1, 0.15) is 18.2 Å². The maximum absolute atomic E-state index is 13.8. The van der Waals surface area contributed by atoms with E-state index >= 15 is 0 Å². The van der Waals surface area contributed by atoms with Gasteiger partial charge in [0, 0.05) is 11.6 Å². The monoisotopic (exact) mass is 376 g/mol.